The lowest BCUT2D eigenvalue weighted by Gasteiger charge is -2.39. The quantitative estimate of drug-likeness (QED) is 0.927. The predicted molar refractivity (Wildman–Crippen MR) is 88.1 cm³/mol. The average molecular weight is 305 g/mol. The zero-order valence-corrected chi connectivity index (χ0v) is 13.9. The highest BCUT2D eigenvalue weighted by atomic mass is 16.2. The number of pyridine rings is 1. The van der Waals surface area contributed by atoms with Crippen LogP contribution in [0, 0.1) is 0 Å². The largest absolute Gasteiger partial charge is 0.335 e. The van der Waals surface area contributed by atoms with E-state index in [9.17, 15) is 9.59 Å². The number of hydrogen-bond donors (Lipinski definition) is 1. The van der Waals surface area contributed by atoms with Crippen molar-refractivity contribution in [2.75, 3.05) is 26.7 Å². The van der Waals surface area contributed by atoms with Gasteiger partial charge in [0.2, 0.25) is 5.56 Å². The average Bonchev–Trinajstić information content (AvgIpc) is 2.73. The van der Waals surface area contributed by atoms with Gasteiger partial charge in [-0.2, -0.15) is 0 Å². The first-order chi connectivity index (χ1) is 10.4. The lowest BCUT2D eigenvalue weighted by Crippen LogP contribution is -2.52. The number of aromatic nitrogens is 1. The number of nitrogens with zero attached hydrogens (tertiary/aromatic N) is 2. The summed E-state index contributed by atoms with van der Waals surface area (Å²) in [7, 11) is 1.82. The van der Waals surface area contributed by atoms with Crippen LogP contribution in [0.3, 0.4) is 0 Å². The molecule has 1 amide bonds. The maximum absolute atomic E-state index is 12.6. The van der Waals surface area contributed by atoms with Gasteiger partial charge >= 0.3 is 0 Å². The van der Waals surface area contributed by atoms with Crippen LogP contribution in [0.4, 0.5) is 0 Å². The third kappa shape index (κ3) is 4.19. The maximum Gasteiger partial charge on any atom is 0.254 e. The number of aromatic amines is 1. The topological polar surface area (TPSA) is 56.4 Å². The molecule has 0 radical (unpaired) electrons. The highest BCUT2D eigenvalue weighted by Gasteiger charge is 2.30. The summed E-state index contributed by atoms with van der Waals surface area (Å²) in [5, 5.41) is 0. The van der Waals surface area contributed by atoms with E-state index < -0.39 is 0 Å². The van der Waals surface area contributed by atoms with Crippen molar-refractivity contribution >= 4 is 5.91 Å². The SMILES string of the molecule is CN(C(=O)c1cc[nH]c(=O)c1)C(C)(C)CN1CCCCCC1. The molecule has 2 heterocycles. The number of carbonyl (C=O) groups is 1. The summed E-state index contributed by atoms with van der Waals surface area (Å²) in [5.41, 5.74) is -0.0796. The van der Waals surface area contributed by atoms with Crippen molar-refractivity contribution < 1.29 is 4.79 Å². The number of H-pyrrole nitrogens is 1. The minimum atomic E-state index is -0.274. The molecule has 1 aromatic rings. The molecule has 0 spiro atoms. The molecule has 1 aliphatic rings. The first kappa shape index (κ1) is 16.7. The van der Waals surface area contributed by atoms with E-state index in [0.29, 0.717) is 5.56 Å². The van der Waals surface area contributed by atoms with Gasteiger partial charge in [-0.25, -0.2) is 0 Å². The van der Waals surface area contributed by atoms with Crippen LogP contribution in [0.2, 0.25) is 0 Å². The molecule has 1 aromatic heterocycles. The number of rotatable bonds is 4. The molecule has 5 heteroatoms. The van der Waals surface area contributed by atoms with Gasteiger partial charge in [-0.05, 0) is 45.8 Å². The lowest BCUT2D eigenvalue weighted by molar-refractivity contribution is 0.0536. The second-order valence-corrected chi connectivity index (χ2v) is 6.81. The molecule has 2 rings (SSSR count). The number of carbonyl (C=O) groups excluding carboxylic acids is 1. The molecule has 1 aliphatic heterocycles. The van der Waals surface area contributed by atoms with E-state index >= 15 is 0 Å². The van der Waals surface area contributed by atoms with E-state index in [1.54, 1.807) is 11.0 Å². The Morgan fingerprint density at radius 2 is 1.91 bits per heavy atom. The van der Waals surface area contributed by atoms with Crippen molar-refractivity contribution in [3.05, 3.63) is 34.2 Å². The van der Waals surface area contributed by atoms with Gasteiger partial charge in [-0.3, -0.25) is 9.59 Å². The van der Waals surface area contributed by atoms with Crippen LogP contribution in [-0.4, -0.2) is 52.9 Å². The molecule has 0 aromatic carbocycles. The molecule has 0 saturated carbocycles. The molecular weight excluding hydrogens is 278 g/mol. The first-order valence-corrected chi connectivity index (χ1v) is 8.09. The maximum atomic E-state index is 12.6. The number of likely N-dealkylation sites (N-methyl/N-ethyl adjacent to an activating group) is 1. The minimum absolute atomic E-state index is 0.106. The van der Waals surface area contributed by atoms with Gasteiger partial charge in [0, 0.05) is 37.0 Å². The van der Waals surface area contributed by atoms with Crippen molar-refractivity contribution in [1.82, 2.24) is 14.8 Å². The van der Waals surface area contributed by atoms with Crippen molar-refractivity contribution in [3.63, 3.8) is 0 Å². The highest BCUT2D eigenvalue weighted by Crippen LogP contribution is 2.19. The Balaban J connectivity index is 2.06. The fourth-order valence-corrected chi connectivity index (χ4v) is 2.99. The van der Waals surface area contributed by atoms with Gasteiger partial charge in [0.1, 0.15) is 0 Å². The summed E-state index contributed by atoms with van der Waals surface area (Å²) in [6.07, 6.45) is 6.60. The Labute approximate surface area is 132 Å². The molecular formula is C17H27N3O2. The van der Waals surface area contributed by atoms with Crippen LogP contribution in [0.5, 0.6) is 0 Å². The molecule has 0 aliphatic carbocycles. The molecule has 0 unspecified atom stereocenters. The van der Waals surface area contributed by atoms with E-state index in [1.807, 2.05) is 7.05 Å². The Kier molecular flexibility index (Phi) is 5.40. The highest BCUT2D eigenvalue weighted by molar-refractivity contribution is 5.94. The van der Waals surface area contributed by atoms with Crippen molar-refractivity contribution in [1.29, 1.82) is 0 Å². The van der Waals surface area contributed by atoms with Gasteiger partial charge in [0.25, 0.3) is 5.91 Å². The third-order valence-electron chi connectivity index (χ3n) is 4.54. The summed E-state index contributed by atoms with van der Waals surface area (Å²) in [5.74, 6) is -0.106. The molecule has 0 atom stereocenters. The molecule has 5 nitrogen and oxygen atoms in total. The summed E-state index contributed by atoms with van der Waals surface area (Å²) in [6.45, 7) is 7.25. The number of hydrogen-bond acceptors (Lipinski definition) is 3. The summed E-state index contributed by atoms with van der Waals surface area (Å²) in [6, 6.07) is 3.02. The summed E-state index contributed by atoms with van der Waals surface area (Å²) in [4.78, 5) is 30.7. The van der Waals surface area contributed by atoms with E-state index in [2.05, 4.69) is 23.7 Å². The van der Waals surface area contributed by atoms with Crippen LogP contribution in [0.25, 0.3) is 0 Å². The van der Waals surface area contributed by atoms with Crippen LogP contribution >= 0.6 is 0 Å². The second-order valence-electron chi connectivity index (χ2n) is 6.81. The van der Waals surface area contributed by atoms with Crippen molar-refractivity contribution in [2.24, 2.45) is 0 Å². The smallest absolute Gasteiger partial charge is 0.254 e. The molecule has 122 valence electrons. The molecule has 1 fully saturated rings. The van der Waals surface area contributed by atoms with Gasteiger partial charge in [0.15, 0.2) is 0 Å². The Morgan fingerprint density at radius 3 is 2.50 bits per heavy atom. The fraction of sp³-hybridized carbons (Fsp3) is 0.647. The minimum Gasteiger partial charge on any atom is -0.335 e. The van der Waals surface area contributed by atoms with Crippen LogP contribution < -0.4 is 5.56 Å². The summed E-state index contributed by atoms with van der Waals surface area (Å²) >= 11 is 0. The molecule has 1 N–H and O–H groups in total. The van der Waals surface area contributed by atoms with Gasteiger partial charge in [0.05, 0.1) is 0 Å². The first-order valence-electron chi connectivity index (χ1n) is 8.09. The Morgan fingerprint density at radius 1 is 1.27 bits per heavy atom. The zero-order chi connectivity index (χ0) is 16.2. The lowest BCUT2D eigenvalue weighted by atomic mass is 10.0. The second kappa shape index (κ2) is 7.09. The van der Waals surface area contributed by atoms with Crippen LogP contribution in [-0.2, 0) is 0 Å². The standard InChI is InChI=1S/C17H27N3O2/c1-17(2,13-20-10-6-4-5-7-11-20)19(3)16(22)14-8-9-18-15(21)12-14/h8-9,12H,4-7,10-11,13H2,1-3H3,(H,18,21). The van der Waals surface area contributed by atoms with Gasteiger partial charge < -0.3 is 14.8 Å². The number of amides is 1. The van der Waals surface area contributed by atoms with Crippen LogP contribution in [0.1, 0.15) is 49.9 Å². The number of nitrogens with one attached hydrogen (secondary N) is 1. The molecule has 0 bridgehead atoms. The van der Waals surface area contributed by atoms with Crippen molar-refractivity contribution in [3.8, 4) is 0 Å². The monoisotopic (exact) mass is 305 g/mol. The summed E-state index contributed by atoms with van der Waals surface area (Å²) < 4.78 is 0. The van der Waals surface area contributed by atoms with E-state index in [0.717, 1.165) is 19.6 Å². The van der Waals surface area contributed by atoms with E-state index in [4.69, 9.17) is 0 Å². The Bertz CT molecular complexity index is 557. The van der Waals surface area contributed by atoms with Crippen LogP contribution in [0.15, 0.2) is 23.1 Å². The van der Waals surface area contributed by atoms with E-state index in [-0.39, 0.29) is 17.0 Å². The molecule has 22 heavy (non-hydrogen) atoms. The third-order valence-corrected chi connectivity index (χ3v) is 4.54. The predicted octanol–water partition coefficient (Wildman–Crippen LogP) is 2.10. The normalized spacial score (nSPS) is 17.0. The Hall–Kier alpha value is -1.62. The van der Waals surface area contributed by atoms with Gasteiger partial charge in [-0.1, -0.05) is 12.8 Å². The number of likely N-dealkylation sites (tertiary alicyclic amines) is 1. The zero-order valence-electron chi connectivity index (χ0n) is 13.9. The molecule has 1 saturated heterocycles. The van der Waals surface area contributed by atoms with Gasteiger partial charge in [-0.15, -0.1) is 0 Å². The van der Waals surface area contributed by atoms with Crippen molar-refractivity contribution in [2.45, 2.75) is 45.1 Å². The van der Waals surface area contributed by atoms with E-state index in [1.165, 1.54) is 37.9 Å². The fourth-order valence-electron chi connectivity index (χ4n) is 2.99.